The van der Waals surface area contributed by atoms with Gasteiger partial charge in [-0.1, -0.05) is 6.07 Å². The van der Waals surface area contributed by atoms with Crippen LogP contribution in [0, 0.1) is 6.92 Å². The molecule has 0 aromatic heterocycles. The van der Waals surface area contributed by atoms with E-state index in [0.717, 1.165) is 6.26 Å². The van der Waals surface area contributed by atoms with Crippen molar-refractivity contribution in [3.63, 3.8) is 0 Å². The van der Waals surface area contributed by atoms with Gasteiger partial charge in [0.15, 0.2) is 15.9 Å². The summed E-state index contributed by atoms with van der Waals surface area (Å²) >= 11 is 0. The fourth-order valence-electron chi connectivity index (χ4n) is 1.80. The Bertz CT molecular complexity index is 716. The number of carbonyl (C=O) groups excluding carboxylic acids is 2. The van der Waals surface area contributed by atoms with Crippen molar-refractivity contribution in [3.8, 4) is 0 Å². The molecule has 1 N–H and O–H groups in total. The minimum absolute atomic E-state index is 0.0295. The molecule has 0 fully saturated rings. The van der Waals surface area contributed by atoms with Crippen molar-refractivity contribution in [2.75, 3.05) is 6.26 Å². The third-order valence-electron chi connectivity index (χ3n) is 3.01. The molecule has 0 aliphatic heterocycles. The molecule has 0 heterocycles. The maximum Gasteiger partial charge on any atom is 0.339 e. The molecule has 1 atom stereocenters. The third kappa shape index (κ3) is 5.67. The molecular formula is C16H23NO5S. The molecule has 0 aliphatic rings. The highest BCUT2D eigenvalue weighted by Gasteiger charge is 2.24. The first kappa shape index (κ1) is 19.2. The Morgan fingerprint density at radius 2 is 1.78 bits per heavy atom. The van der Waals surface area contributed by atoms with E-state index >= 15 is 0 Å². The van der Waals surface area contributed by atoms with E-state index in [4.69, 9.17) is 4.74 Å². The number of carbonyl (C=O) groups is 2. The quantitative estimate of drug-likeness (QED) is 0.844. The van der Waals surface area contributed by atoms with Crippen molar-refractivity contribution in [1.29, 1.82) is 0 Å². The molecule has 6 nitrogen and oxygen atoms in total. The molecule has 7 heteroatoms. The summed E-state index contributed by atoms with van der Waals surface area (Å²) in [7, 11) is -3.43. The fraction of sp³-hybridized carbons (Fsp3) is 0.500. The maximum absolute atomic E-state index is 12.2. The fourth-order valence-corrected chi connectivity index (χ4v) is 2.45. The number of esters is 1. The van der Waals surface area contributed by atoms with Crippen molar-refractivity contribution in [3.05, 3.63) is 29.3 Å². The zero-order chi connectivity index (χ0) is 18.0. The molecule has 0 unspecified atom stereocenters. The largest absolute Gasteiger partial charge is 0.449 e. The zero-order valence-corrected chi connectivity index (χ0v) is 15.1. The maximum atomic E-state index is 12.2. The predicted octanol–water partition coefficient (Wildman–Crippen LogP) is 1.86. The van der Waals surface area contributed by atoms with Gasteiger partial charge in [0.25, 0.3) is 5.91 Å². The summed E-state index contributed by atoms with van der Waals surface area (Å²) in [5.74, 6) is -1.15. The number of nitrogens with one attached hydrogen (secondary N) is 1. The van der Waals surface area contributed by atoms with Gasteiger partial charge in [-0.2, -0.15) is 0 Å². The highest BCUT2D eigenvalue weighted by atomic mass is 32.2. The molecule has 1 amide bonds. The molecule has 1 aromatic carbocycles. The number of sulfone groups is 1. The van der Waals surface area contributed by atoms with Crippen LogP contribution in [0.15, 0.2) is 23.1 Å². The first-order valence-electron chi connectivity index (χ1n) is 7.15. The minimum Gasteiger partial charge on any atom is -0.449 e. The molecular weight excluding hydrogens is 318 g/mol. The summed E-state index contributed by atoms with van der Waals surface area (Å²) in [6.07, 6.45) is 0.0784. The van der Waals surface area contributed by atoms with Crippen LogP contribution in [0.4, 0.5) is 0 Å². The molecule has 128 valence electrons. The first-order valence-corrected chi connectivity index (χ1v) is 9.04. The SMILES string of the molecule is Cc1ccc(S(C)(=O)=O)cc1C(=O)O[C@H](C)C(=O)NC(C)(C)C. The second kappa shape index (κ2) is 6.70. The smallest absolute Gasteiger partial charge is 0.339 e. The van der Waals surface area contributed by atoms with Gasteiger partial charge in [0.05, 0.1) is 10.5 Å². The van der Waals surface area contributed by atoms with Gasteiger partial charge in [0.1, 0.15) is 0 Å². The Hall–Kier alpha value is -1.89. The summed E-state index contributed by atoms with van der Waals surface area (Å²) in [4.78, 5) is 24.2. The Kier molecular flexibility index (Phi) is 5.58. The number of ether oxygens (including phenoxy) is 1. The topological polar surface area (TPSA) is 89.5 Å². The lowest BCUT2D eigenvalue weighted by atomic mass is 10.1. The van der Waals surface area contributed by atoms with Gasteiger partial charge in [0, 0.05) is 11.8 Å². The van der Waals surface area contributed by atoms with E-state index in [2.05, 4.69) is 5.32 Å². The van der Waals surface area contributed by atoms with Gasteiger partial charge >= 0.3 is 5.97 Å². The summed E-state index contributed by atoms with van der Waals surface area (Å²) < 4.78 is 28.3. The monoisotopic (exact) mass is 341 g/mol. The van der Waals surface area contributed by atoms with Crippen LogP contribution in [0.25, 0.3) is 0 Å². The van der Waals surface area contributed by atoms with E-state index in [1.165, 1.54) is 25.1 Å². The van der Waals surface area contributed by atoms with Crippen molar-refractivity contribution in [1.82, 2.24) is 5.32 Å². The van der Waals surface area contributed by atoms with Gasteiger partial charge in [0.2, 0.25) is 0 Å². The van der Waals surface area contributed by atoms with E-state index in [-0.39, 0.29) is 10.5 Å². The molecule has 0 radical (unpaired) electrons. The third-order valence-corrected chi connectivity index (χ3v) is 4.12. The van der Waals surface area contributed by atoms with Crippen LogP contribution in [0.5, 0.6) is 0 Å². The van der Waals surface area contributed by atoms with Crippen LogP contribution in [-0.2, 0) is 19.4 Å². The van der Waals surface area contributed by atoms with Gasteiger partial charge in [-0.3, -0.25) is 4.79 Å². The zero-order valence-electron chi connectivity index (χ0n) is 14.3. The van der Waals surface area contributed by atoms with Crippen LogP contribution in [0.3, 0.4) is 0 Å². The molecule has 0 spiro atoms. The lowest BCUT2D eigenvalue weighted by Gasteiger charge is -2.23. The number of hydrogen-bond donors (Lipinski definition) is 1. The van der Waals surface area contributed by atoms with Crippen molar-refractivity contribution < 1.29 is 22.7 Å². The van der Waals surface area contributed by atoms with Gasteiger partial charge in [-0.25, -0.2) is 13.2 Å². The summed E-state index contributed by atoms with van der Waals surface area (Å²) in [6, 6.07) is 4.23. The normalized spacial score (nSPS) is 13.3. The van der Waals surface area contributed by atoms with Crippen LogP contribution in [0.2, 0.25) is 0 Å². The Morgan fingerprint density at radius 1 is 1.22 bits per heavy atom. The average molecular weight is 341 g/mol. The van der Waals surface area contributed by atoms with Crippen LogP contribution < -0.4 is 5.32 Å². The van der Waals surface area contributed by atoms with Crippen molar-refractivity contribution in [2.45, 2.75) is 51.2 Å². The Labute approximate surface area is 137 Å². The lowest BCUT2D eigenvalue weighted by molar-refractivity contribution is -0.130. The highest BCUT2D eigenvalue weighted by Crippen LogP contribution is 2.17. The van der Waals surface area contributed by atoms with E-state index in [0.29, 0.717) is 5.56 Å². The lowest BCUT2D eigenvalue weighted by Crippen LogP contribution is -2.46. The number of aryl methyl sites for hydroxylation is 1. The summed E-state index contributed by atoms with van der Waals surface area (Å²) in [5.41, 5.74) is 0.262. The van der Waals surface area contributed by atoms with Crippen molar-refractivity contribution in [2.24, 2.45) is 0 Å². The Morgan fingerprint density at radius 3 is 2.26 bits per heavy atom. The summed E-state index contributed by atoms with van der Waals surface area (Å²) in [5, 5.41) is 2.71. The second-order valence-electron chi connectivity index (χ2n) is 6.54. The molecule has 1 aromatic rings. The minimum atomic E-state index is -3.43. The number of hydrogen-bond acceptors (Lipinski definition) is 5. The Balaban J connectivity index is 2.96. The molecule has 1 rings (SSSR count). The van der Waals surface area contributed by atoms with Gasteiger partial charge in [-0.05, 0) is 52.3 Å². The molecule has 0 aliphatic carbocycles. The number of rotatable bonds is 4. The highest BCUT2D eigenvalue weighted by molar-refractivity contribution is 7.90. The number of amides is 1. The summed E-state index contributed by atoms with van der Waals surface area (Å²) in [6.45, 7) is 8.59. The standard InChI is InChI=1S/C16H23NO5S/c1-10-7-8-12(23(6,20)21)9-13(10)15(19)22-11(2)14(18)17-16(3,4)5/h7-9,11H,1-6H3,(H,17,18)/t11-/m1/s1. The van der Waals surface area contributed by atoms with E-state index in [1.807, 2.05) is 20.8 Å². The average Bonchev–Trinajstić information content (AvgIpc) is 2.35. The number of benzene rings is 1. The van der Waals surface area contributed by atoms with E-state index < -0.39 is 33.4 Å². The molecule has 0 bridgehead atoms. The van der Waals surface area contributed by atoms with Crippen LogP contribution in [-0.4, -0.2) is 38.2 Å². The first-order chi connectivity index (χ1) is 10.3. The molecule has 0 saturated heterocycles. The second-order valence-corrected chi connectivity index (χ2v) is 8.55. The molecule has 23 heavy (non-hydrogen) atoms. The van der Waals surface area contributed by atoms with Crippen LogP contribution >= 0.6 is 0 Å². The molecule has 0 saturated carbocycles. The van der Waals surface area contributed by atoms with Gasteiger partial charge < -0.3 is 10.1 Å². The predicted molar refractivity (Wildman–Crippen MR) is 87.1 cm³/mol. The van der Waals surface area contributed by atoms with Gasteiger partial charge in [-0.15, -0.1) is 0 Å². The van der Waals surface area contributed by atoms with Crippen LogP contribution in [0.1, 0.15) is 43.6 Å². The van der Waals surface area contributed by atoms with E-state index in [1.54, 1.807) is 6.92 Å². The van der Waals surface area contributed by atoms with E-state index in [9.17, 15) is 18.0 Å². The van der Waals surface area contributed by atoms with Crippen molar-refractivity contribution >= 4 is 21.7 Å².